The van der Waals surface area contributed by atoms with Crippen molar-refractivity contribution in [3.63, 3.8) is 0 Å². The van der Waals surface area contributed by atoms with Crippen LogP contribution in [0.15, 0.2) is 22.6 Å². The summed E-state index contributed by atoms with van der Waals surface area (Å²) in [6, 6.07) is 5.44. The summed E-state index contributed by atoms with van der Waals surface area (Å²) in [7, 11) is 0. The zero-order valence-corrected chi connectivity index (χ0v) is 6.30. The van der Waals surface area contributed by atoms with Gasteiger partial charge in [-0.3, -0.25) is 0 Å². The average Bonchev–Trinajstić information content (AvgIpc) is 2.31. The number of hydrogen-bond acceptors (Lipinski definition) is 3. The average molecular weight is 169 g/mol. The van der Waals surface area contributed by atoms with Gasteiger partial charge in [0.15, 0.2) is 5.58 Å². The zero-order chi connectivity index (χ0) is 7.84. The molecule has 0 radical (unpaired) electrons. The number of halogens is 1. The van der Waals surface area contributed by atoms with Gasteiger partial charge in [0, 0.05) is 0 Å². The summed E-state index contributed by atoms with van der Waals surface area (Å²) in [5, 5.41) is 0.558. The minimum atomic E-state index is 0.146. The summed E-state index contributed by atoms with van der Waals surface area (Å²) in [4.78, 5) is 3.89. The van der Waals surface area contributed by atoms with Gasteiger partial charge in [-0.05, 0) is 12.1 Å². The summed E-state index contributed by atoms with van der Waals surface area (Å²) in [6.07, 6.45) is 0. The topological polar surface area (TPSA) is 52.0 Å². The minimum Gasteiger partial charge on any atom is -0.424 e. The molecule has 0 atom stereocenters. The van der Waals surface area contributed by atoms with Gasteiger partial charge in [0.1, 0.15) is 5.52 Å². The molecule has 0 saturated heterocycles. The summed E-state index contributed by atoms with van der Waals surface area (Å²) in [6.45, 7) is 0. The molecule has 0 aliphatic rings. The van der Waals surface area contributed by atoms with E-state index in [2.05, 4.69) is 4.98 Å². The predicted molar refractivity (Wildman–Crippen MR) is 43.4 cm³/mol. The van der Waals surface area contributed by atoms with Crippen molar-refractivity contribution in [3.8, 4) is 0 Å². The Labute approximate surface area is 67.8 Å². The Morgan fingerprint density at radius 2 is 2.27 bits per heavy atom. The van der Waals surface area contributed by atoms with E-state index in [1.165, 1.54) is 0 Å². The van der Waals surface area contributed by atoms with Gasteiger partial charge in [-0.1, -0.05) is 17.7 Å². The van der Waals surface area contributed by atoms with Crippen molar-refractivity contribution < 1.29 is 4.42 Å². The zero-order valence-electron chi connectivity index (χ0n) is 5.54. The standard InChI is InChI=1S/C7H5ClN2O/c8-4-2-1-3-5-6(4)10-7(9)11-5/h1-3H,(H2,9,10). The van der Waals surface area contributed by atoms with Gasteiger partial charge in [-0.25, -0.2) is 0 Å². The first-order valence-electron chi connectivity index (χ1n) is 3.08. The van der Waals surface area contributed by atoms with Gasteiger partial charge in [0.2, 0.25) is 0 Å². The lowest BCUT2D eigenvalue weighted by Crippen LogP contribution is -1.80. The molecule has 4 heteroatoms. The summed E-state index contributed by atoms with van der Waals surface area (Å²) < 4.78 is 5.03. The Hall–Kier alpha value is -1.22. The van der Waals surface area contributed by atoms with Crippen LogP contribution in [0.1, 0.15) is 0 Å². The van der Waals surface area contributed by atoms with Crippen molar-refractivity contribution in [3.05, 3.63) is 23.2 Å². The molecule has 1 aromatic carbocycles. The van der Waals surface area contributed by atoms with Crippen molar-refractivity contribution in [2.24, 2.45) is 0 Å². The molecule has 11 heavy (non-hydrogen) atoms. The fourth-order valence-electron chi connectivity index (χ4n) is 0.932. The molecule has 2 N–H and O–H groups in total. The Morgan fingerprint density at radius 1 is 1.45 bits per heavy atom. The third-order valence-corrected chi connectivity index (χ3v) is 1.69. The molecule has 1 aromatic heterocycles. The SMILES string of the molecule is Nc1nc2c(Cl)cccc2o1. The van der Waals surface area contributed by atoms with Crippen molar-refractivity contribution in [2.75, 3.05) is 5.73 Å². The molecule has 0 aliphatic heterocycles. The van der Waals surface area contributed by atoms with Crippen LogP contribution in [0.4, 0.5) is 6.01 Å². The fourth-order valence-corrected chi connectivity index (χ4v) is 1.14. The normalized spacial score (nSPS) is 10.6. The number of nitrogen functional groups attached to an aromatic ring is 1. The molecular formula is C7H5ClN2O. The van der Waals surface area contributed by atoms with Crippen LogP contribution in [0.25, 0.3) is 11.1 Å². The van der Waals surface area contributed by atoms with E-state index >= 15 is 0 Å². The monoisotopic (exact) mass is 168 g/mol. The lowest BCUT2D eigenvalue weighted by atomic mass is 10.3. The quantitative estimate of drug-likeness (QED) is 0.655. The second-order valence-corrected chi connectivity index (χ2v) is 2.55. The lowest BCUT2D eigenvalue weighted by molar-refractivity contribution is 0.626. The van der Waals surface area contributed by atoms with Crippen LogP contribution in [-0.2, 0) is 0 Å². The van der Waals surface area contributed by atoms with E-state index in [1.54, 1.807) is 18.2 Å². The lowest BCUT2D eigenvalue weighted by Gasteiger charge is -1.86. The van der Waals surface area contributed by atoms with E-state index in [0.717, 1.165) is 0 Å². The first-order valence-corrected chi connectivity index (χ1v) is 3.46. The molecule has 0 saturated carbocycles. The van der Waals surface area contributed by atoms with Crippen molar-refractivity contribution in [2.45, 2.75) is 0 Å². The molecule has 2 aromatic rings. The number of nitrogens with two attached hydrogens (primary N) is 1. The van der Waals surface area contributed by atoms with Gasteiger partial charge < -0.3 is 10.2 Å². The molecule has 3 nitrogen and oxygen atoms in total. The van der Waals surface area contributed by atoms with Crippen molar-refractivity contribution in [1.82, 2.24) is 4.98 Å². The molecule has 0 aliphatic carbocycles. The van der Waals surface area contributed by atoms with Gasteiger partial charge in [0.05, 0.1) is 5.02 Å². The number of aromatic nitrogens is 1. The van der Waals surface area contributed by atoms with E-state index in [1.807, 2.05) is 0 Å². The molecule has 2 rings (SSSR count). The van der Waals surface area contributed by atoms with E-state index in [-0.39, 0.29) is 6.01 Å². The third kappa shape index (κ3) is 0.935. The maximum absolute atomic E-state index is 5.79. The van der Waals surface area contributed by atoms with Crippen molar-refractivity contribution in [1.29, 1.82) is 0 Å². The smallest absolute Gasteiger partial charge is 0.293 e. The molecule has 0 spiro atoms. The fraction of sp³-hybridized carbons (Fsp3) is 0. The largest absolute Gasteiger partial charge is 0.424 e. The highest BCUT2D eigenvalue weighted by atomic mass is 35.5. The van der Waals surface area contributed by atoms with Gasteiger partial charge >= 0.3 is 0 Å². The van der Waals surface area contributed by atoms with E-state index in [4.69, 9.17) is 21.8 Å². The number of nitrogens with zero attached hydrogens (tertiary/aromatic N) is 1. The van der Waals surface area contributed by atoms with Crippen LogP contribution in [0.5, 0.6) is 0 Å². The van der Waals surface area contributed by atoms with E-state index < -0.39 is 0 Å². The highest BCUT2D eigenvalue weighted by Crippen LogP contribution is 2.23. The van der Waals surface area contributed by atoms with Crippen LogP contribution >= 0.6 is 11.6 Å². The molecule has 56 valence electrons. The predicted octanol–water partition coefficient (Wildman–Crippen LogP) is 2.06. The summed E-state index contributed by atoms with van der Waals surface area (Å²) in [5.74, 6) is 0. The van der Waals surface area contributed by atoms with Gasteiger partial charge in [-0.2, -0.15) is 4.98 Å². The molecule has 0 amide bonds. The van der Waals surface area contributed by atoms with Crippen LogP contribution in [0.2, 0.25) is 5.02 Å². The van der Waals surface area contributed by atoms with Gasteiger partial charge in [0.25, 0.3) is 6.01 Å². The number of para-hydroxylation sites is 1. The molecular weight excluding hydrogens is 164 g/mol. The van der Waals surface area contributed by atoms with Crippen LogP contribution in [0, 0.1) is 0 Å². The number of rotatable bonds is 0. The van der Waals surface area contributed by atoms with Crippen LogP contribution in [0.3, 0.4) is 0 Å². The minimum absolute atomic E-state index is 0.146. The van der Waals surface area contributed by atoms with Crippen LogP contribution in [-0.4, -0.2) is 4.98 Å². The Morgan fingerprint density at radius 3 is 3.00 bits per heavy atom. The first kappa shape index (κ1) is 6.49. The highest BCUT2D eigenvalue weighted by molar-refractivity contribution is 6.34. The summed E-state index contributed by atoms with van der Waals surface area (Å²) in [5.41, 5.74) is 6.56. The second kappa shape index (κ2) is 2.13. The second-order valence-electron chi connectivity index (χ2n) is 2.14. The Kier molecular flexibility index (Phi) is 1.26. The summed E-state index contributed by atoms with van der Waals surface area (Å²) >= 11 is 5.79. The maximum atomic E-state index is 5.79. The molecule has 0 bridgehead atoms. The Bertz CT molecular complexity index is 396. The highest BCUT2D eigenvalue weighted by Gasteiger charge is 2.04. The number of anilines is 1. The maximum Gasteiger partial charge on any atom is 0.293 e. The van der Waals surface area contributed by atoms with Crippen molar-refractivity contribution >= 4 is 28.7 Å². The first-order chi connectivity index (χ1) is 5.27. The third-order valence-electron chi connectivity index (χ3n) is 1.39. The molecule has 0 unspecified atom stereocenters. The van der Waals surface area contributed by atoms with E-state index in [0.29, 0.717) is 16.1 Å². The number of benzene rings is 1. The molecule has 1 heterocycles. The number of oxazole rings is 1. The molecule has 0 fully saturated rings. The van der Waals surface area contributed by atoms with Gasteiger partial charge in [-0.15, -0.1) is 0 Å². The van der Waals surface area contributed by atoms with E-state index in [9.17, 15) is 0 Å². The Balaban J connectivity index is 2.90. The number of fused-ring (bicyclic) bond motifs is 1. The van der Waals surface area contributed by atoms with Crippen LogP contribution < -0.4 is 5.73 Å². The number of hydrogen-bond donors (Lipinski definition) is 1.